The molecule has 0 spiro atoms. The highest BCUT2D eigenvalue weighted by atomic mass is 32.1. The number of fused-ring (bicyclic) bond motifs is 1. The Morgan fingerprint density at radius 1 is 1.46 bits per heavy atom. The smallest absolute Gasteiger partial charge is 0.273 e. The summed E-state index contributed by atoms with van der Waals surface area (Å²) in [5.41, 5.74) is 0.741. The van der Waals surface area contributed by atoms with Crippen LogP contribution in [0.2, 0.25) is 0 Å². The number of ether oxygens (including phenoxy) is 1. The number of hydrogen-bond donors (Lipinski definition) is 1. The Morgan fingerprint density at radius 2 is 2.23 bits per heavy atom. The van der Waals surface area contributed by atoms with Gasteiger partial charge in [-0.2, -0.15) is 0 Å². The van der Waals surface area contributed by atoms with E-state index in [9.17, 15) is 9.59 Å². The maximum Gasteiger partial charge on any atom is 0.273 e. The van der Waals surface area contributed by atoms with Gasteiger partial charge in [-0.15, -0.1) is 6.58 Å². The van der Waals surface area contributed by atoms with E-state index in [0.717, 1.165) is 0 Å². The van der Waals surface area contributed by atoms with Gasteiger partial charge in [-0.3, -0.25) is 14.2 Å². The number of thiazole rings is 1. The Kier molecular flexibility index (Phi) is 5.29. The van der Waals surface area contributed by atoms with Gasteiger partial charge in [0.05, 0.1) is 12.8 Å². The van der Waals surface area contributed by atoms with E-state index in [2.05, 4.69) is 16.9 Å². The van der Waals surface area contributed by atoms with Gasteiger partial charge >= 0.3 is 0 Å². The highest BCUT2D eigenvalue weighted by Crippen LogP contribution is 2.23. The fourth-order valence-corrected chi connectivity index (χ4v) is 3.78. The van der Waals surface area contributed by atoms with Crippen molar-refractivity contribution in [2.75, 3.05) is 12.4 Å². The second-order valence-electron chi connectivity index (χ2n) is 5.35. The Morgan fingerprint density at radius 3 is 2.96 bits per heavy atom. The molecule has 0 aliphatic heterocycles. The van der Waals surface area contributed by atoms with Gasteiger partial charge in [0.15, 0.2) is 9.60 Å². The van der Waals surface area contributed by atoms with Gasteiger partial charge in [0.2, 0.25) is 5.91 Å². The first kappa shape index (κ1) is 18.0. The molecule has 3 aromatic rings. The van der Waals surface area contributed by atoms with Crippen LogP contribution in [0.5, 0.6) is 5.75 Å². The monoisotopic (exact) mass is 388 g/mol. The number of rotatable bonds is 6. The highest BCUT2D eigenvalue weighted by molar-refractivity contribution is 7.73. The van der Waals surface area contributed by atoms with Crippen LogP contribution in [0.25, 0.3) is 10.3 Å². The summed E-state index contributed by atoms with van der Waals surface area (Å²) in [6.07, 6.45) is 3.05. The second-order valence-corrected chi connectivity index (χ2v) is 6.99. The fourth-order valence-electron chi connectivity index (χ4n) is 2.47. The van der Waals surface area contributed by atoms with Crippen molar-refractivity contribution in [2.24, 2.45) is 0 Å². The summed E-state index contributed by atoms with van der Waals surface area (Å²) in [6, 6.07) is 7.05. The summed E-state index contributed by atoms with van der Waals surface area (Å²) in [5.74, 6) is 0.188. The molecule has 2 heterocycles. The van der Waals surface area contributed by atoms with E-state index in [-0.39, 0.29) is 18.0 Å². The van der Waals surface area contributed by atoms with Crippen LogP contribution < -0.4 is 15.6 Å². The van der Waals surface area contributed by atoms with Crippen molar-refractivity contribution in [3.8, 4) is 5.75 Å². The average Bonchev–Trinajstić information content (AvgIpc) is 2.95. The Bertz CT molecular complexity index is 1100. The van der Waals surface area contributed by atoms with Crippen molar-refractivity contribution in [3.63, 3.8) is 0 Å². The van der Waals surface area contributed by atoms with Crippen molar-refractivity contribution < 1.29 is 9.53 Å². The number of para-hydroxylation sites is 2. The van der Waals surface area contributed by atoms with Gasteiger partial charge in [-0.1, -0.05) is 29.5 Å². The standard InChI is InChI=1S/C17H16N4O3S2/c1-3-8-21-15-14(26-17(21)25)16(23)20(10-18-15)9-13(22)19-11-6-4-5-7-12(11)24-2/h3-7,10H,1,8-9H2,2H3,(H,19,22). The van der Waals surface area contributed by atoms with Crippen molar-refractivity contribution in [1.29, 1.82) is 0 Å². The largest absolute Gasteiger partial charge is 0.495 e. The minimum Gasteiger partial charge on any atom is -0.495 e. The van der Waals surface area contributed by atoms with E-state index in [1.165, 1.54) is 29.3 Å². The Hall–Kier alpha value is -2.78. The normalized spacial score (nSPS) is 10.7. The number of nitrogens with zero attached hydrogens (tertiary/aromatic N) is 3. The van der Waals surface area contributed by atoms with E-state index >= 15 is 0 Å². The summed E-state index contributed by atoms with van der Waals surface area (Å²) in [7, 11) is 1.52. The molecule has 0 aliphatic carbocycles. The molecule has 134 valence electrons. The molecule has 26 heavy (non-hydrogen) atoms. The van der Waals surface area contributed by atoms with Crippen LogP contribution in [0.3, 0.4) is 0 Å². The van der Waals surface area contributed by atoms with Crippen molar-refractivity contribution in [1.82, 2.24) is 14.1 Å². The van der Waals surface area contributed by atoms with E-state index in [4.69, 9.17) is 17.0 Å². The SMILES string of the molecule is C=CCn1c(=S)sc2c(=O)n(CC(=O)Nc3ccccc3OC)cnc21. The molecule has 1 N–H and O–H groups in total. The molecule has 0 bridgehead atoms. The molecule has 0 saturated carbocycles. The van der Waals surface area contributed by atoms with Crippen LogP contribution in [0.15, 0.2) is 48.0 Å². The highest BCUT2D eigenvalue weighted by Gasteiger charge is 2.14. The topological polar surface area (TPSA) is 78.2 Å². The summed E-state index contributed by atoms with van der Waals surface area (Å²) in [6.45, 7) is 4.00. The summed E-state index contributed by atoms with van der Waals surface area (Å²) >= 11 is 6.45. The van der Waals surface area contributed by atoms with Crippen molar-refractivity contribution in [2.45, 2.75) is 13.1 Å². The number of benzene rings is 1. The van der Waals surface area contributed by atoms with Crippen LogP contribution in [0.1, 0.15) is 0 Å². The fraction of sp³-hybridized carbons (Fsp3) is 0.176. The number of nitrogens with one attached hydrogen (secondary N) is 1. The molecule has 0 radical (unpaired) electrons. The van der Waals surface area contributed by atoms with Gasteiger partial charge in [-0.05, 0) is 24.4 Å². The number of aromatic nitrogens is 3. The van der Waals surface area contributed by atoms with Gasteiger partial charge in [0.1, 0.15) is 23.3 Å². The predicted octanol–water partition coefficient (Wildman–Crippen LogP) is 2.82. The maximum absolute atomic E-state index is 12.7. The summed E-state index contributed by atoms with van der Waals surface area (Å²) < 4.78 is 9.16. The van der Waals surface area contributed by atoms with E-state index in [0.29, 0.717) is 32.3 Å². The third kappa shape index (κ3) is 3.44. The summed E-state index contributed by atoms with van der Waals surface area (Å²) in [4.78, 5) is 29.3. The first-order valence-corrected chi connectivity index (χ1v) is 8.90. The quantitative estimate of drug-likeness (QED) is 0.519. The van der Waals surface area contributed by atoms with E-state index in [1.54, 1.807) is 34.9 Å². The lowest BCUT2D eigenvalue weighted by Gasteiger charge is -2.10. The molecule has 9 heteroatoms. The van der Waals surface area contributed by atoms with Crippen LogP contribution in [-0.2, 0) is 17.9 Å². The number of allylic oxidation sites excluding steroid dienone is 1. The number of hydrogen-bond acceptors (Lipinski definition) is 6. The Labute approximate surface area is 158 Å². The molecule has 3 rings (SSSR count). The zero-order chi connectivity index (χ0) is 18.7. The first-order chi connectivity index (χ1) is 12.5. The van der Waals surface area contributed by atoms with Crippen molar-refractivity contribution >= 4 is 45.5 Å². The number of anilines is 1. The molecule has 0 saturated heterocycles. The summed E-state index contributed by atoms with van der Waals surface area (Å²) in [5, 5.41) is 2.74. The second kappa shape index (κ2) is 7.63. The lowest BCUT2D eigenvalue weighted by molar-refractivity contribution is -0.116. The molecular weight excluding hydrogens is 372 g/mol. The molecular formula is C17H16N4O3S2. The number of methoxy groups -OCH3 is 1. The minimum atomic E-state index is -0.355. The predicted molar refractivity (Wildman–Crippen MR) is 105 cm³/mol. The lowest BCUT2D eigenvalue weighted by Crippen LogP contribution is -2.27. The lowest BCUT2D eigenvalue weighted by atomic mass is 10.3. The third-order valence-corrected chi connectivity index (χ3v) is 5.08. The third-order valence-electron chi connectivity index (χ3n) is 3.65. The Balaban J connectivity index is 1.88. The van der Waals surface area contributed by atoms with Crippen molar-refractivity contribution in [3.05, 3.63) is 57.6 Å². The van der Waals surface area contributed by atoms with Gasteiger partial charge < -0.3 is 14.6 Å². The van der Waals surface area contributed by atoms with E-state index in [1.807, 2.05) is 0 Å². The van der Waals surface area contributed by atoms with Gasteiger partial charge in [0, 0.05) is 6.54 Å². The zero-order valence-corrected chi connectivity index (χ0v) is 15.6. The van der Waals surface area contributed by atoms with Crippen LogP contribution in [0, 0.1) is 3.95 Å². The molecule has 0 fully saturated rings. The number of carbonyl (C=O) groups is 1. The molecule has 1 aromatic carbocycles. The minimum absolute atomic E-state index is 0.161. The molecule has 2 aromatic heterocycles. The average molecular weight is 388 g/mol. The maximum atomic E-state index is 12.7. The van der Waals surface area contributed by atoms with Crippen LogP contribution in [-0.4, -0.2) is 27.1 Å². The van der Waals surface area contributed by atoms with Crippen LogP contribution in [0.4, 0.5) is 5.69 Å². The molecule has 0 aliphatic rings. The number of amides is 1. The van der Waals surface area contributed by atoms with Gasteiger partial charge in [0.25, 0.3) is 5.56 Å². The first-order valence-electron chi connectivity index (χ1n) is 7.67. The molecule has 0 atom stereocenters. The van der Waals surface area contributed by atoms with E-state index < -0.39 is 0 Å². The molecule has 1 amide bonds. The molecule has 7 nitrogen and oxygen atoms in total. The van der Waals surface area contributed by atoms with Crippen LogP contribution >= 0.6 is 23.6 Å². The number of carbonyl (C=O) groups excluding carboxylic acids is 1. The zero-order valence-electron chi connectivity index (χ0n) is 14.0. The van der Waals surface area contributed by atoms with Gasteiger partial charge in [-0.25, -0.2) is 4.98 Å². The molecule has 0 unspecified atom stereocenters.